The van der Waals surface area contributed by atoms with Crippen molar-refractivity contribution in [2.75, 3.05) is 18.4 Å². The number of rotatable bonds is 4. The average Bonchev–Trinajstić information content (AvgIpc) is 2.70. The number of amides is 2. The fourth-order valence-corrected chi connectivity index (χ4v) is 3.22. The molecule has 2 amide bonds. The third-order valence-corrected chi connectivity index (χ3v) is 4.96. The van der Waals surface area contributed by atoms with Gasteiger partial charge in [0.05, 0.1) is 6.10 Å². The summed E-state index contributed by atoms with van der Waals surface area (Å²) in [4.78, 5) is 25.6. The van der Waals surface area contributed by atoms with Crippen LogP contribution in [0.1, 0.15) is 34.3 Å². The summed E-state index contributed by atoms with van der Waals surface area (Å²) in [7, 11) is 0. The maximum Gasteiger partial charge on any atom is 0.350 e. The van der Waals surface area contributed by atoms with E-state index in [4.69, 9.17) is 0 Å². The summed E-state index contributed by atoms with van der Waals surface area (Å²) in [6.45, 7) is 1.40. The van der Waals surface area contributed by atoms with E-state index >= 15 is 0 Å². The van der Waals surface area contributed by atoms with E-state index in [9.17, 15) is 32.3 Å². The number of nitrogens with zero attached hydrogens (tertiary/aromatic N) is 1. The largest absolute Gasteiger partial charge is 0.393 e. The fourth-order valence-electron chi connectivity index (χ4n) is 3.22. The second-order valence-corrected chi connectivity index (χ2v) is 7.24. The monoisotopic (exact) mass is 424 g/mol. The molecule has 0 aliphatic carbocycles. The van der Waals surface area contributed by atoms with Crippen LogP contribution in [0.5, 0.6) is 0 Å². The molecule has 0 aromatic heterocycles. The lowest BCUT2D eigenvalue weighted by molar-refractivity contribution is -0.161. The van der Waals surface area contributed by atoms with Crippen molar-refractivity contribution >= 4 is 17.5 Å². The number of likely N-dealkylation sites (tertiary alicyclic amines) is 1. The molecule has 2 aromatic rings. The standard InChI is InChI=1S/C21H20F4N2O3/c1-12-8-16(2-3-18(12)23)26-19(29)13-9-14(11-15(22)10-13)21(24,25)20(30)27-6-4-17(28)5-7-27/h2-3,8-11,17,28H,4-7H2,1H3,(H,26,29). The number of piperidine rings is 1. The summed E-state index contributed by atoms with van der Waals surface area (Å²) in [6, 6.07) is 5.79. The highest BCUT2D eigenvalue weighted by molar-refractivity contribution is 6.04. The van der Waals surface area contributed by atoms with Crippen LogP contribution in [-0.2, 0) is 10.7 Å². The Morgan fingerprint density at radius 1 is 1.10 bits per heavy atom. The van der Waals surface area contributed by atoms with Crippen LogP contribution in [0, 0.1) is 18.6 Å². The molecule has 0 saturated carbocycles. The fraction of sp³-hybridized carbons (Fsp3) is 0.333. The Hall–Kier alpha value is -2.94. The highest BCUT2D eigenvalue weighted by atomic mass is 19.3. The van der Waals surface area contributed by atoms with Gasteiger partial charge in [-0.2, -0.15) is 8.78 Å². The van der Waals surface area contributed by atoms with Crippen molar-refractivity contribution in [1.82, 2.24) is 4.90 Å². The first-order valence-electron chi connectivity index (χ1n) is 9.32. The maximum absolute atomic E-state index is 14.8. The summed E-state index contributed by atoms with van der Waals surface area (Å²) in [5.41, 5.74) is -0.886. The molecule has 1 saturated heterocycles. The maximum atomic E-state index is 14.8. The van der Waals surface area contributed by atoms with E-state index in [2.05, 4.69) is 5.32 Å². The van der Waals surface area contributed by atoms with Crippen molar-refractivity contribution < 1.29 is 32.3 Å². The van der Waals surface area contributed by atoms with Crippen molar-refractivity contribution in [3.8, 4) is 0 Å². The first-order chi connectivity index (χ1) is 14.1. The topological polar surface area (TPSA) is 69.6 Å². The lowest BCUT2D eigenvalue weighted by atomic mass is 10.0. The zero-order chi connectivity index (χ0) is 22.1. The van der Waals surface area contributed by atoms with Crippen molar-refractivity contribution in [1.29, 1.82) is 0 Å². The second kappa shape index (κ2) is 8.43. The van der Waals surface area contributed by atoms with Crippen molar-refractivity contribution in [3.63, 3.8) is 0 Å². The molecular weight excluding hydrogens is 404 g/mol. The number of carbonyl (C=O) groups is 2. The van der Waals surface area contributed by atoms with Crippen LogP contribution >= 0.6 is 0 Å². The van der Waals surface area contributed by atoms with E-state index in [0.29, 0.717) is 6.07 Å². The molecule has 0 bridgehead atoms. The average molecular weight is 424 g/mol. The van der Waals surface area contributed by atoms with Crippen LogP contribution in [0.4, 0.5) is 23.2 Å². The van der Waals surface area contributed by atoms with Gasteiger partial charge in [0.15, 0.2) is 0 Å². The first-order valence-corrected chi connectivity index (χ1v) is 9.32. The molecule has 2 N–H and O–H groups in total. The number of carbonyl (C=O) groups excluding carboxylic acids is 2. The van der Waals surface area contributed by atoms with Gasteiger partial charge >= 0.3 is 5.92 Å². The summed E-state index contributed by atoms with van der Waals surface area (Å²) >= 11 is 0. The molecule has 5 nitrogen and oxygen atoms in total. The molecule has 1 aliphatic rings. The molecular formula is C21H20F4N2O3. The van der Waals surface area contributed by atoms with E-state index in [1.807, 2.05) is 0 Å². The lowest BCUT2D eigenvalue weighted by Crippen LogP contribution is -2.46. The van der Waals surface area contributed by atoms with Crippen LogP contribution in [0.15, 0.2) is 36.4 Å². The van der Waals surface area contributed by atoms with E-state index in [1.165, 1.54) is 19.1 Å². The minimum Gasteiger partial charge on any atom is -0.393 e. The molecule has 1 aliphatic heterocycles. The third kappa shape index (κ3) is 4.62. The molecule has 0 atom stereocenters. The van der Waals surface area contributed by atoms with Gasteiger partial charge in [-0.15, -0.1) is 0 Å². The van der Waals surface area contributed by atoms with Gasteiger partial charge in [0.25, 0.3) is 11.8 Å². The summed E-state index contributed by atoms with van der Waals surface area (Å²) in [5, 5.41) is 11.9. The summed E-state index contributed by atoms with van der Waals surface area (Å²) in [5.74, 6) is -8.03. The van der Waals surface area contributed by atoms with Crippen LogP contribution in [0.25, 0.3) is 0 Å². The molecule has 1 fully saturated rings. The number of nitrogens with one attached hydrogen (secondary N) is 1. The Morgan fingerprint density at radius 2 is 1.77 bits per heavy atom. The molecule has 160 valence electrons. The minimum atomic E-state index is -4.05. The number of alkyl halides is 2. The zero-order valence-electron chi connectivity index (χ0n) is 16.1. The normalized spacial score (nSPS) is 15.2. The number of aliphatic hydroxyl groups excluding tert-OH is 1. The van der Waals surface area contributed by atoms with Gasteiger partial charge in [-0.3, -0.25) is 9.59 Å². The van der Waals surface area contributed by atoms with Crippen molar-refractivity contribution in [3.05, 3.63) is 64.7 Å². The van der Waals surface area contributed by atoms with Crippen molar-refractivity contribution in [2.45, 2.75) is 31.8 Å². The Kier molecular flexibility index (Phi) is 6.12. The van der Waals surface area contributed by atoms with Gasteiger partial charge in [0.2, 0.25) is 0 Å². The van der Waals surface area contributed by atoms with Crippen LogP contribution in [0.2, 0.25) is 0 Å². The number of aliphatic hydroxyl groups is 1. The first kappa shape index (κ1) is 21.8. The predicted molar refractivity (Wildman–Crippen MR) is 101 cm³/mol. The Balaban J connectivity index is 1.83. The lowest BCUT2D eigenvalue weighted by Gasteiger charge is -2.32. The summed E-state index contributed by atoms with van der Waals surface area (Å²) < 4.78 is 56.9. The number of anilines is 1. The van der Waals surface area contributed by atoms with Gasteiger partial charge < -0.3 is 15.3 Å². The van der Waals surface area contributed by atoms with Crippen LogP contribution in [0.3, 0.4) is 0 Å². The Labute approximate surface area is 170 Å². The third-order valence-electron chi connectivity index (χ3n) is 4.96. The highest BCUT2D eigenvalue weighted by Gasteiger charge is 2.45. The van der Waals surface area contributed by atoms with E-state index in [1.54, 1.807) is 0 Å². The second-order valence-electron chi connectivity index (χ2n) is 7.24. The highest BCUT2D eigenvalue weighted by Crippen LogP contribution is 2.33. The van der Waals surface area contributed by atoms with Crippen molar-refractivity contribution in [2.24, 2.45) is 0 Å². The van der Waals surface area contributed by atoms with E-state index in [-0.39, 0.29) is 37.2 Å². The molecule has 9 heteroatoms. The van der Waals surface area contributed by atoms with Gasteiger partial charge in [-0.05, 0) is 61.7 Å². The molecule has 2 aromatic carbocycles. The van der Waals surface area contributed by atoms with Crippen LogP contribution in [-0.4, -0.2) is 41.0 Å². The smallest absolute Gasteiger partial charge is 0.350 e. The minimum absolute atomic E-state index is 0.0395. The van der Waals surface area contributed by atoms with E-state index < -0.39 is 46.6 Å². The van der Waals surface area contributed by atoms with Gasteiger partial charge in [-0.1, -0.05) is 0 Å². The molecule has 0 unspecified atom stereocenters. The molecule has 30 heavy (non-hydrogen) atoms. The number of hydrogen-bond donors (Lipinski definition) is 2. The van der Waals surface area contributed by atoms with Crippen LogP contribution < -0.4 is 5.32 Å². The molecule has 1 heterocycles. The molecule has 3 rings (SSSR count). The zero-order valence-corrected chi connectivity index (χ0v) is 16.1. The molecule has 0 spiro atoms. The summed E-state index contributed by atoms with van der Waals surface area (Å²) in [6.07, 6.45) is -0.298. The van der Waals surface area contributed by atoms with Gasteiger partial charge in [0, 0.05) is 29.9 Å². The predicted octanol–water partition coefficient (Wildman–Crippen LogP) is 3.60. The SMILES string of the molecule is Cc1cc(NC(=O)c2cc(F)cc(C(F)(F)C(=O)N3CCC(O)CC3)c2)ccc1F. The quantitative estimate of drug-likeness (QED) is 0.737. The van der Waals surface area contributed by atoms with Gasteiger partial charge in [-0.25, -0.2) is 8.78 Å². The Morgan fingerprint density at radius 3 is 2.40 bits per heavy atom. The number of halogens is 4. The molecule has 0 radical (unpaired) electrons. The van der Waals surface area contributed by atoms with E-state index in [0.717, 1.165) is 23.1 Å². The van der Waals surface area contributed by atoms with Gasteiger partial charge in [0.1, 0.15) is 11.6 Å². The number of hydrogen-bond acceptors (Lipinski definition) is 3. The Bertz CT molecular complexity index is 973. The number of aryl methyl sites for hydroxylation is 1. The number of benzene rings is 2.